The van der Waals surface area contributed by atoms with Crippen LogP contribution in [-0.4, -0.2) is 59.7 Å². The van der Waals surface area contributed by atoms with E-state index in [1.165, 1.54) is 33.9 Å². The Morgan fingerprint density at radius 1 is 1.18 bits per heavy atom. The van der Waals surface area contributed by atoms with Crippen LogP contribution < -0.4 is 0 Å². The van der Waals surface area contributed by atoms with Gasteiger partial charge in [0, 0.05) is 26.2 Å². The highest BCUT2D eigenvalue weighted by molar-refractivity contribution is 7.89. The van der Waals surface area contributed by atoms with Gasteiger partial charge in [0.05, 0.1) is 24.5 Å². The molecule has 152 valence electrons. The minimum atomic E-state index is -4.47. The molecule has 0 atom stereocenters. The van der Waals surface area contributed by atoms with Gasteiger partial charge in [0.1, 0.15) is 0 Å². The number of carbonyl (C=O) groups is 1. The van der Waals surface area contributed by atoms with E-state index < -0.39 is 21.8 Å². The Hall–Kier alpha value is -2.40. The fraction of sp³-hybridized carbons (Fsp3) is 0.412. The van der Waals surface area contributed by atoms with Crippen LogP contribution in [0.3, 0.4) is 0 Å². The van der Waals surface area contributed by atoms with Crippen molar-refractivity contribution in [3.05, 3.63) is 47.9 Å². The fourth-order valence-corrected chi connectivity index (χ4v) is 4.42. The molecule has 3 rings (SSSR count). The SMILES string of the molecule is O=C(Cc1cccc(C(F)(F)F)c1)N1CCCN(S(=O)(=O)c2cnc[nH]2)CC1. The van der Waals surface area contributed by atoms with Crippen molar-refractivity contribution in [2.75, 3.05) is 26.2 Å². The summed E-state index contributed by atoms with van der Waals surface area (Å²) < 4.78 is 64.8. The number of sulfonamides is 1. The van der Waals surface area contributed by atoms with Crippen LogP contribution in [0.15, 0.2) is 41.8 Å². The second-order valence-corrected chi connectivity index (χ2v) is 8.34. The molecule has 1 N–H and O–H groups in total. The lowest BCUT2D eigenvalue weighted by Crippen LogP contribution is -2.38. The van der Waals surface area contributed by atoms with Gasteiger partial charge in [-0.2, -0.15) is 17.5 Å². The van der Waals surface area contributed by atoms with E-state index in [2.05, 4.69) is 9.97 Å². The lowest BCUT2D eigenvalue weighted by Gasteiger charge is -2.21. The van der Waals surface area contributed by atoms with E-state index in [9.17, 15) is 26.4 Å². The number of amides is 1. The number of hydrogen-bond acceptors (Lipinski definition) is 4. The lowest BCUT2D eigenvalue weighted by atomic mass is 10.1. The van der Waals surface area contributed by atoms with Gasteiger partial charge in [-0.15, -0.1) is 0 Å². The first-order valence-corrected chi connectivity index (χ1v) is 10.0. The van der Waals surface area contributed by atoms with E-state index in [0.717, 1.165) is 12.1 Å². The van der Waals surface area contributed by atoms with Crippen molar-refractivity contribution in [1.29, 1.82) is 0 Å². The van der Waals surface area contributed by atoms with E-state index >= 15 is 0 Å². The van der Waals surface area contributed by atoms with Crippen molar-refractivity contribution in [3.8, 4) is 0 Å². The van der Waals surface area contributed by atoms with Gasteiger partial charge in [-0.1, -0.05) is 18.2 Å². The van der Waals surface area contributed by atoms with Crippen molar-refractivity contribution < 1.29 is 26.4 Å². The van der Waals surface area contributed by atoms with Crippen molar-refractivity contribution in [2.45, 2.75) is 24.0 Å². The predicted molar refractivity (Wildman–Crippen MR) is 93.7 cm³/mol. The van der Waals surface area contributed by atoms with Crippen molar-refractivity contribution in [2.24, 2.45) is 0 Å². The monoisotopic (exact) mass is 416 g/mol. The Morgan fingerprint density at radius 3 is 2.64 bits per heavy atom. The Labute approximate surface area is 160 Å². The predicted octanol–water partition coefficient (Wildman–Crippen LogP) is 1.89. The number of H-pyrrole nitrogens is 1. The summed E-state index contributed by atoms with van der Waals surface area (Å²) in [5, 5.41) is -0.0174. The first-order chi connectivity index (χ1) is 13.2. The summed E-state index contributed by atoms with van der Waals surface area (Å²) in [7, 11) is -3.72. The van der Waals surface area contributed by atoms with Gasteiger partial charge in [-0.3, -0.25) is 4.79 Å². The third-order valence-electron chi connectivity index (χ3n) is 4.51. The van der Waals surface area contributed by atoms with Crippen LogP contribution in [0.2, 0.25) is 0 Å². The molecule has 1 aromatic carbocycles. The number of halogens is 3. The van der Waals surface area contributed by atoms with Gasteiger partial charge < -0.3 is 9.88 Å². The number of imidazole rings is 1. The summed E-state index contributed by atoms with van der Waals surface area (Å²) in [6.07, 6.45) is -1.71. The van der Waals surface area contributed by atoms with Gasteiger partial charge in [-0.25, -0.2) is 13.4 Å². The first-order valence-electron chi connectivity index (χ1n) is 8.60. The summed E-state index contributed by atoms with van der Waals surface area (Å²) in [4.78, 5) is 20.3. The summed E-state index contributed by atoms with van der Waals surface area (Å²) >= 11 is 0. The number of aromatic amines is 1. The lowest BCUT2D eigenvalue weighted by molar-refractivity contribution is -0.138. The molecule has 1 amide bonds. The van der Waals surface area contributed by atoms with E-state index in [1.54, 1.807) is 0 Å². The highest BCUT2D eigenvalue weighted by atomic mass is 32.2. The van der Waals surface area contributed by atoms with Crippen molar-refractivity contribution >= 4 is 15.9 Å². The number of benzene rings is 1. The maximum atomic E-state index is 12.8. The molecule has 1 aliphatic heterocycles. The molecule has 0 aliphatic carbocycles. The molecular formula is C17H19F3N4O3S. The smallest absolute Gasteiger partial charge is 0.341 e. The zero-order valence-corrected chi connectivity index (χ0v) is 15.6. The Morgan fingerprint density at radius 2 is 1.96 bits per heavy atom. The molecule has 0 unspecified atom stereocenters. The third kappa shape index (κ3) is 4.53. The summed E-state index contributed by atoms with van der Waals surface area (Å²) in [5.41, 5.74) is -0.531. The molecule has 7 nitrogen and oxygen atoms in total. The summed E-state index contributed by atoms with van der Waals surface area (Å²) in [6.45, 7) is 0.863. The van der Waals surface area contributed by atoms with Crippen molar-refractivity contribution in [1.82, 2.24) is 19.2 Å². The molecule has 11 heteroatoms. The summed E-state index contributed by atoms with van der Waals surface area (Å²) in [5.74, 6) is -0.333. The molecular weight excluding hydrogens is 397 g/mol. The second-order valence-electron chi connectivity index (χ2n) is 6.43. The molecule has 0 radical (unpaired) electrons. The number of nitrogens with zero attached hydrogens (tertiary/aromatic N) is 3. The number of hydrogen-bond donors (Lipinski definition) is 1. The molecule has 1 aromatic heterocycles. The highest BCUT2D eigenvalue weighted by Crippen LogP contribution is 2.29. The van der Waals surface area contributed by atoms with Crippen LogP contribution in [0.25, 0.3) is 0 Å². The van der Waals surface area contributed by atoms with E-state index in [4.69, 9.17) is 0 Å². The first kappa shape index (κ1) is 20.3. The maximum absolute atomic E-state index is 12.8. The van der Waals surface area contributed by atoms with Crippen LogP contribution >= 0.6 is 0 Å². The highest BCUT2D eigenvalue weighted by Gasteiger charge is 2.31. The second kappa shape index (κ2) is 7.92. The minimum absolute atomic E-state index is 0.0174. The largest absolute Gasteiger partial charge is 0.416 e. The Bertz CT molecular complexity index is 929. The molecule has 1 fully saturated rings. The van der Waals surface area contributed by atoms with E-state index in [0.29, 0.717) is 13.0 Å². The third-order valence-corrected chi connectivity index (χ3v) is 6.33. The molecule has 1 saturated heterocycles. The normalized spacial score (nSPS) is 16.8. The summed E-state index contributed by atoms with van der Waals surface area (Å²) in [6, 6.07) is 4.66. The van der Waals surface area contributed by atoms with Crippen LogP contribution in [0.4, 0.5) is 13.2 Å². The quantitative estimate of drug-likeness (QED) is 0.825. The van der Waals surface area contributed by atoms with Crippen molar-refractivity contribution in [3.63, 3.8) is 0 Å². The number of nitrogens with one attached hydrogen (secondary N) is 1. The number of aromatic nitrogens is 2. The van der Waals surface area contributed by atoms with Gasteiger partial charge >= 0.3 is 6.18 Å². The topological polar surface area (TPSA) is 86.4 Å². The zero-order chi connectivity index (χ0) is 20.4. The number of alkyl halides is 3. The molecule has 0 saturated carbocycles. The fourth-order valence-electron chi connectivity index (χ4n) is 3.05. The Balaban J connectivity index is 1.65. The maximum Gasteiger partial charge on any atom is 0.416 e. The van der Waals surface area contributed by atoms with Gasteiger partial charge in [-0.05, 0) is 18.1 Å². The molecule has 28 heavy (non-hydrogen) atoms. The minimum Gasteiger partial charge on any atom is -0.341 e. The standard InChI is InChI=1S/C17H19F3N4O3S/c18-17(19,20)14-4-1-3-13(9-14)10-16(25)23-5-2-6-24(8-7-23)28(26,27)15-11-21-12-22-15/h1,3-4,9,11-12H,2,5-8,10H2,(H,21,22). The number of carbonyl (C=O) groups excluding carboxylic acids is 1. The Kier molecular flexibility index (Phi) is 5.75. The van der Waals surface area contributed by atoms with E-state index in [1.807, 2.05) is 0 Å². The zero-order valence-electron chi connectivity index (χ0n) is 14.8. The van der Waals surface area contributed by atoms with Gasteiger partial charge in [0.15, 0.2) is 5.03 Å². The van der Waals surface area contributed by atoms with Crippen LogP contribution in [0.5, 0.6) is 0 Å². The van der Waals surface area contributed by atoms with Gasteiger partial charge in [0.2, 0.25) is 5.91 Å². The molecule has 2 heterocycles. The number of rotatable bonds is 4. The molecule has 0 bridgehead atoms. The molecule has 2 aromatic rings. The van der Waals surface area contributed by atoms with Crippen LogP contribution in [0.1, 0.15) is 17.5 Å². The average molecular weight is 416 g/mol. The van der Waals surface area contributed by atoms with E-state index in [-0.39, 0.29) is 42.6 Å². The average Bonchev–Trinajstić information content (AvgIpc) is 3.06. The molecule has 1 aliphatic rings. The van der Waals surface area contributed by atoms with Gasteiger partial charge in [0.25, 0.3) is 10.0 Å². The van der Waals surface area contributed by atoms with Crippen LogP contribution in [-0.2, 0) is 27.4 Å². The van der Waals surface area contributed by atoms with Crippen LogP contribution in [0, 0.1) is 0 Å². The molecule has 0 spiro atoms.